The number of hydrogen-bond donors (Lipinski definition) is 2. The molecule has 0 bridgehead atoms. The first-order valence-electron chi connectivity index (χ1n) is 7.55. The highest BCUT2D eigenvalue weighted by atomic mass is 16.1. The molecule has 110 valence electrons. The van der Waals surface area contributed by atoms with Crippen LogP contribution in [0.15, 0.2) is 6.07 Å². The number of rotatable bonds is 7. The quantitative estimate of drug-likeness (QED) is 0.748. The van der Waals surface area contributed by atoms with Crippen LogP contribution in [-0.4, -0.2) is 29.0 Å². The predicted octanol–water partition coefficient (Wildman–Crippen LogP) is 2.07. The molecule has 0 atom stereocenters. The van der Waals surface area contributed by atoms with Gasteiger partial charge in [-0.15, -0.1) is 0 Å². The first-order chi connectivity index (χ1) is 9.69. The first kappa shape index (κ1) is 14.8. The van der Waals surface area contributed by atoms with Crippen LogP contribution in [0.25, 0.3) is 0 Å². The smallest absolute Gasteiger partial charge is 0.223 e. The van der Waals surface area contributed by atoms with Gasteiger partial charge in [-0.3, -0.25) is 4.79 Å². The van der Waals surface area contributed by atoms with Crippen molar-refractivity contribution in [1.29, 1.82) is 0 Å². The Morgan fingerprint density at radius 3 is 2.80 bits per heavy atom. The summed E-state index contributed by atoms with van der Waals surface area (Å²) in [6, 6.07) is 1.99. The highest BCUT2D eigenvalue weighted by molar-refractivity contribution is 5.79. The molecule has 1 fully saturated rings. The Labute approximate surface area is 120 Å². The average molecular weight is 276 g/mol. The minimum Gasteiger partial charge on any atom is -0.370 e. The van der Waals surface area contributed by atoms with Crippen molar-refractivity contribution in [3.8, 4) is 0 Å². The number of aromatic nitrogens is 2. The summed E-state index contributed by atoms with van der Waals surface area (Å²) in [5.41, 5.74) is 1.05. The molecule has 1 aromatic rings. The molecule has 5 nitrogen and oxygen atoms in total. The highest BCUT2D eigenvalue weighted by Crippen LogP contribution is 2.25. The average Bonchev–Trinajstić information content (AvgIpc) is 2.35. The van der Waals surface area contributed by atoms with E-state index in [4.69, 9.17) is 0 Å². The lowest BCUT2D eigenvalue weighted by Crippen LogP contribution is -2.35. The van der Waals surface area contributed by atoms with Crippen molar-refractivity contribution in [3.63, 3.8) is 0 Å². The minimum absolute atomic E-state index is 0.224. The van der Waals surface area contributed by atoms with Crippen molar-refractivity contribution in [2.24, 2.45) is 5.92 Å². The van der Waals surface area contributed by atoms with Gasteiger partial charge in [0.05, 0.1) is 0 Å². The van der Waals surface area contributed by atoms with Gasteiger partial charge in [-0.25, -0.2) is 9.97 Å². The molecule has 20 heavy (non-hydrogen) atoms. The third-order valence-electron chi connectivity index (χ3n) is 3.69. The van der Waals surface area contributed by atoms with E-state index in [1.165, 1.54) is 6.42 Å². The van der Waals surface area contributed by atoms with Crippen molar-refractivity contribution in [3.05, 3.63) is 17.6 Å². The molecular formula is C15H24N4O. The number of carbonyl (C=O) groups excluding carboxylic acids is 1. The Morgan fingerprint density at radius 1 is 1.35 bits per heavy atom. The van der Waals surface area contributed by atoms with E-state index in [2.05, 4.69) is 27.5 Å². The molecule has 5 heteroatoms. The van der Waals surface area contributed by atoms with Gasteiger partial charge in [0.25, 0.3) is 0 Å². The molecule has 0 aliphatic heterocycles. The van der Waals surface area contributed by atoms with Gasteiger partial charge in [0.1, 0.15) is 11.6 Å². The second-order valence-electron chi connectivity index (χ2n) is 5.34. The Balaban J connectivity index is 1.65. The maximum absolute atomic E-state index is 11.6. The van der Waals surface area contributed by atoms with Crippen LogP contribution in [-0.2, 0) is 11.2 Å². The molecule has 0 aromatic carbocycles. The van der Waals surface area contributed by atoms with E-state index in [-0.39, 0.29) is 11.8 Å². The van der Waals surface area contributed by atoms with Crippen molar-refractivity contribution >= 4 is 11.7 Å². The number of amides is 1. The van der Waals surface area contributed by atoms with Crippen LogP contribution in [0.4, 0.5) is 5.82 Å². The monoisotopic (exact) mass is 276 g/mol. The minimum atomic E-state index is 0.224. The van der Waals surface area contributed by atoms with E-state index in [9.17, 15) is 4.79 Å². The lowest BCUT2D eigenvalue weighted by molar-refractivity contribution is -0.127. The molecule has 2 N–H and O–H groups in total. The van der Waals surface area contributed by atoms with E-state index < -0.39 is 0 Å². The molecule has 1 amide bonds. The third-order valence-corrected chi connectivity index (χ3v) is 3.69. The van der Waals surface area contributed by atoms with Crippen LogP contribution in [0.5, 0.6) is 0 Å². The van der Waals surface area contributed by atoms with Crippen molar-refractivity contribution in [2.45, 2.75) is 46.0 Å². The zero-order valence-corrected chi connectivity index (χ0v) is 12.4. The summed E-state index contributed by atoms with van der Waals surface area (Å²) in [5, 5.41) is 6.28. The topological polar surface area (TPSA) is 66.9 Å². The van der Waals surface area contributed by atoms with Crippen LogP contribution in [0, 0.1) is 12.8 Å². The molecule has 1 aromatic heterocycles. The zero-order chi connectivity index (χ0) is 14.4. The molecule has 0 unspecified atom stereocenters. The predicted molar refractivity (Wildman–Crippen MR) is 79.6 cm³/mol. The Kier molecular flexibility index (Phi) is 5.32. The second-order valence-corrected chi connectivity index (χ2v) is 5.34. The first-order valence-corrected chi connectivity index (χ1v) is 7.55. The highest BCUT2D eigenvalue weighted by Gasteiger charge is 2.24. The van der Waals surface area contributed by atoms with E-state index in [0.717, 1.165) is 56.1 Å². The van der Waals surface area contributed by atoms with Crippen LogP contribution < -0.4 is 10.6 Å². The molecule has 0 radical (unpaired) electrons. The van der Waals surface area contributed by atoms with E-state index in [1.54, 1.807) is 0 Å². The summed E-state index contributed by atoms with van der Waals surface area (Å²) in [5.74, 6) is 2.17. The third kappa shape index (κ3) is 4.18. The number of carbonyl (C=O) groups is 1. The summed E-state index contributed by atoms with van der Waals surface area (Å²) in [6.07, 6.45) is 5.14. The number of nitrogens with zero attached hydrogens (tertiary/aromatic N) is 2. The van der Waals surface area contributed by atoms with Crippen LogP contribution in [0.1, 0.15) is 44.1 Å². The van der Waals surface area contributed by atoms with Gasteiger partial charge in [0.15, 0.2) is 0 Å². The molecule has 1 saturated carbocycles. The second kappa shape index (κ2) is 7.22. The summed E-state index contributed by atoms with van der Waals surface area (Å²) in [6.45, 7) is 5.53. The Morgan fingerprint density at radius 2 is 2.15 bits per heavy atom. The van der Waals surface area contributed by atoms with Crippen molar-refractivity contribution in [1.82, 2.24) is 15.3 Å². The molecule has 1 heterocycles. The van der Waals surface area contributed by atoms with Crippen LogP contribution in [0.3, 0.4) is 0 Å². The normalized spacial score (nSPS) is 14.7. The van der Waals surface area contributed by atoms with E-state index >= 15 is 0 Å². The number of anilines is 1. The molecule has 1 aliphatic carbocycles. The molecule has 1 aliphatic rings. The summed E-state index contributed by atoms with van der Waals surface area (Å²) in [7, 11) is 0. The maximum Gasteiger partial charge on any atom is 0.223 e. The molecule has 2 rings (SSSR count). The standard InChI is InChI=1S/C15H24N4O/c1-3-13-10-14(19-11(2)18-13)16-8-5-9-17-15(20)12-6-4-7-12/h10,12H,3-9H2,1-2H3,(H,17,20)(H,16,18,19). The van der Waals surface area contributed by atoms with Crippen LogP contribution in [0.2, 0.25) is 0 Å². The van der Waals surface area contributed by atoms with Crippen molar-refractivity contribution in [2.75, 3.05) is 18.4 Å². The summed E-state index contributed by atoms with van der Waals surface area (Å²) < 4.78 is 0. The SMILES string of the molecule is CCc1cc(NCCCNC(=O)C2CCC2)nc(C)n1. The van der Waals surface area contributed by atoms with Gasteiger partial charge in [-0.1, -0.05) is 13.3 Å². The zero-order valence-electron chi connectivity index (χ0n) is 12.4. The number of hydrogen-bond acceptors (Lipinski definition) is 4. The Hall–Kier alpha value is -1.65. The van der Waals surface area contributed by atoms with Gasteiger partial charge in [0.2, 0.25) is 5.91 Å². The van der Waals surface area contributed by atoms with Gasteiger partial charge < -0.3 is 10.6 Å². The van der Waals surface area contributed by atoms with Gasteiger partial charge in [-0.05, 0) is 32.6 Å². The van der Waals surface area contributed by atoms with Crippen LogP contribution >= 0.6 is 0 Å². The van der Waals surface area contributed by atoms with Crippen molar-refractivity contribution < 1.29 is 4.79 Å². The largest absolute Gasteiger partial charge is 0.370 e. The Bertz CT molecular complexity index is 457. The maximum atomic E-state index is 11.6. The van der Waals surface area contributed by atoms with Gasteiger partial charge in [-0.2, -0.15) is 0 Å². The van der Waals surface area contributed by atoms with E-state index in [1.807, 2.05) is 13.0 Å². The lowest BCUT2D eigenvalue weighted by Gasteiger charge is -2.24. The number of nitrogens with one attached hydrogen (secondary N) is 2. The molecule has 0 saturated heterocycles. The fourth-order valence-electron chi connectivity index (χ4n) is 2.23. The van der Waals surface area contributed by atoms with E-state index in [0.29, 0.717) is 0 Å². The summed E-state index contributed by atoms with van der Waals surface area (Å²) in [4.78, 5) is 20.3. The fraction of sp³-hybridized carbons (Fsp3) is 0.667. The van der Waals surface area contributed by atoms with Gasteiger partial charge >= 0.3 is 0 Å². The fourth-order valence-corrected chi connectivity index (χ4v) is 2.23. The molecule has 0 spiro atoms. The summed E-state index contributed by atoms with van der Waals surface area (Å²) >= 11 is 0. The molecular weight excluding hydrogens is 252 g/mol. The van der Waals surface area contributed by atoms with Gasteiger partial charge in [0, 0.05) is 30.8 Å². The lowest BCUT2D eigenvalue weighted by atomic mass is 9.85. The number of aryl methyl sites for hydroxylation is 2.